The molecule has 6 N–H and O–H groups in total. The van der Waals surface area contributed by atoms with Gasteiger partial charge in [-0.3, -0.25) is 9.59 Å². The molecule has 1 aromatic heterocycles. The standard InChI is InChI=1S/C24H19N5O3/c25-21(13-6-8-16(30)9-7-13)24(32)27-15-10-17-20-18(12-26-29-23(17)31)22(28-19(20)11-15)14-4-2-1-3-5-14/h1-12,21,28,30H,25H2,(H,27,32)(H,29,31). The van der Waals surface area contributed by atoms with Gasteiger partial charge in [0.2, 0.25) is 5.91 Å². The second-order valence-electron chi connectivity index (χ2n) is 7.48. The molecular formula is C24H19N5O3. The van der Waals surface area contributed by atoms with Gasteiger partial charge in [0.15, 0.2) is 0 Å². The van der Waals surface area contributed by atoms with Crippen LogP contribution in [-0.4, -0.2) is 28.1 Å². The van der Waals surface area contributed by atoms with Crippen molar-refractivity contribution >= 4 is 34.6 Å². The first-order chi connectivity index (χ1) is 15.5. The third kappa shape index (κ3) is 3.38. The largest absolute Gasteiger partial charge is 0.508 e. The quantitative estimate of drug-likeness (QED) is 0.343. The molecule has 0 bridgehead atoms. The van der Waals surface area contributed by atoms with Gasteiger partial charge in [0.25, 0.3) is 5.91 Å². The summed E-state index contributed by atoms with van der Waals surface area (Å²) in [5.41, 5.74) is 13.2. The minimum absolute atomic E-state index is 0.0898. The summed E-state index contributed by atoms with van der Waals surface area (Å²) in [5.74, 6) is -0.725. The van der Waals surface area contributed by atoms with E-state index in [9.17, 15) is 14.7 Å². The third-order valence-electron chi connectivity index (χ3n) is 5.41. The van der Waals surface area contributed by atoms with E-state index in [-0.39, 0.29) is 11.7 Å². The number of phenolic OH excluding ortho intramolecular Hbond substituents is 1. The van der Waals surface area contributed by atoms with E-state index >= 15 is 0 Å². The van der Waals surface area contributed by atoms with E-state index in [1.165, 1.54) is 12.1 Å². The molecule has 3 aromatic carbocycles. The first-order valence-corrected chi connectivity index (χ1v) is 9.95. The molecule has 5 rings (SSSR count). The normalized spacial score (nSPS) is 13.5. The maximum absolute atomic E-state index is 12.8. The Labute approximate surface area is 182 Å². The Morgan fingerprint density at radius 1 is 1.06 bits per heavy atom. The zero-order valence-electron chi connectivity index (χ0n) is 16.8. The Bertz CT molecular complexity index is 1370. The lowest BCUT2D eigenvalue weighted by Crippen LogP contribution is -2.27. The SMILES string of the molecule is NC(C(=O)Nc1cc2c3c(c(-c4ccccc4)[nH]c3c1)C=NNC2=O)c1ccc(O)cc1. The number of amides is 2. The van der Waals surface area contributed by atoms with Crippen molar-refractivity contribution in [1.29, 1.82) is 0 Å². The molecule has 0 aliphatic carbocycles. The van der Waals surface area contributed by atoms with Gasteiger partial charge in [0.1, 0.15) is 11.8 Å². The van der Waals surface area contributed by atoms with E-state index in [0.717, 1.165) is 22.2 Å². The zero-order chi connectivity index (χ0) is 22.2. The van der Waals surface area contributed by atoms with Gasteiger partial charge in [-0.1, -0.05) is 42.5 Å². The minimum atomic E-state index is -0.943. The number of carbonyl (C=O) groups excluding carboxylic acids is 2. The van der Waals surface area contributed by atoms with Crippen molar-refractivity contribution in [3.05, 3.63) is 83.4 Å². The number of aromatic nitrogens is 1. The van der Waals surface area contributed by atoms with E-state index in [0.29, 0.717) is 22.3 Å². The van der Waals surface area contributed by atoms with Crippen molar-refractivity contribution < 1.29 is 14.7 Å². The molecule has 2 amide bonds. The Morgan fingerprint density at radius 3 is 2.56 bits per heavy atom. The van der Waals surface area contributed by atoms with Gasteiger partial charge in [-0.25, -0.2) is 5.43 Å². The van der Waals surface area contributed by atoms with E-state index in [2.05, 4.69) is 20.8 Å². The Morgan fingerprint density at radius 2 is 1.81 bits per heavy atom. The summed E-state index contributed by atoms with van der Waals surface area (Å²) in [6.07, 6.45) is 1.62. The van der Waals surface area contributed by atoms with Crippen LogP contribution in [0.25, 0.3) is 22.2 Å². The van der Waals surface area contributed by atoms with Gasteiger partial charge in [0.05, 0.1) is 17.5 Å². The van der Waals surface area contributed by atoms with Crippen LogP contribution in [0, 0.1) is 0 Å². The van der Waals surface area contributed by atoms with E-state index in [1.54, 1.807) is 30.5 Å². The smallest absolute Gasteiger partial charge is 0.272 e. The molecule has 32 heavy (non-hydrogen) atoms. The number of nitrogens with one attached hydrogen (secondary N) is 3. The number of H-pyrrole nitrogens is 1. The number of hydrogen-bond donors (Lipinski definition) is 5. The van der Waals surface area contributed by atoms with Crippen LogP contribution in [0.2, 0.25) is 0 Å². The molecule has 1 unspecified atom stereocenters. The van der Waals surface area contributed by atoms with Crippen LogP contribution < -0.4 is 16.5 Å². The monoisotopic (exact) mass is 425 g/mol. The van der Waals surface area contributed by atoms with E-state index in [4.69, 9.17) is 5.73 Å². The number of aromatic amines is 1. The predicted molar refractivity (Wildman–Crippen MR) is 122 cm³/mol. The van der Waals surface area contributed by atoms with Crippen LogP contribution in [-0.2, 0) is 4.79 Å². The summed E-state index contributed by atoms with van der Waals surface area (Å²) in [5, 5.41) is 17.0. The molecule has 0 saturated heterocycles. The molecule has 0 radical (unpaired) electrons. The number of nitrogens with zero attached hydrogens (tertiary/aromatic N) is 1. The fraction of sp³-hybridized carbons (Fsp3) is 0.0417. The second-order valence-corrected chi connectivity index (χ2v) is 7.48. The first-order valence-electron chi connectivity index (χ1n) is 9.95. The van der Waals surface area contributed by atoms with Crippen LogP contribution in [0.15, 0.2) is 71.8 Å². The number of hydrogen-bond acceptors (Lipinski definition) is 5. The number of anilines is 1. The topological polar surface area (TPSA) is 133 Å². The van der Waals surface area contributed by atoms with Gasteiger partial charge in [-0.15, -0.1) is 0 Å². The highest BCUT2D eigenvalue weighted by molar-refractivity contribution is 6.18. The van der Waals surface area contributed by atoms with Gasteiger partial charge in [-0.05, 0) is 35.4 Å². The Kier molecular flexibility index (Phi) is 4.68. The van der Waals surface area contributed by atoms with Crippen LogP contribution in [0.4, 0.5) is 5.69 Å². The molecule has 0 fully saturated rings. The fourth-order valence-electron chi connectivity index (χ4n) is 3.84. The summed E-state index contributed by atoms with van der Waals surface area (Å²) in [4.78, 5) is 28.8. The number of carbonyl (C=O) groups is 2. The average molecular weight is 425 g/mol. The fourth-order valence-corrected chi connectivity index (χ4v) is 3.84. The van der Waals surface area contributed by atoms with Crippen molar-refractivity contribution in [2.24, 2.45) is 10.8 Å². The number of benzene rings is 3. The first kappa shape index (κ1) is 19.5. The van der Waals surface area contributed by atoms with Crippen LogP contribution in [0.1, 0.15) is 27.5 Å². The Hall–Kier alpha value is -4.43. The molecule has 1 atom stereocenters. The molecule has 0 saturated carbocycles. The number of hydrazone groups is 1. The maximum Gasteiger partial charge on any atom is 0.272 e. The molecular weight excluding hydrogens is 406 g/mol. The maximum atomic E-state index is 12.8. The molecule has 1 aliphatic rings. The molecule has 158 valence electrons. The summed E-state index contributed by atoms with van der Waals surface area (Å²) in [7, 11) is 0. The van der Waals surface area contributed by atoms with Crippen molar-refractivity contribution in [2.75, 3.05) is 5.32 Å². The zero-order valence-corrected chi connectivity index (χ0v) is 16.8. The predicted octanol–water partition coefficient (Wildman–Crippen LogP) is 3.26. The lowest BCUT2D eigenvalue weighted by molar-refractivity contribution is -0.117. The highest BCUT2D eigenvalue weighted by Gasteiger charge is 2.23. The lowest BCUT2D eigenvalue weighted by Gasteiger charge is -2.14. The third-order valence-corrected chi connectivity index (χ3v) is 5.41. The van der Waals surface area contributed by atoms with Crippen LogP contribution in [0.5, 0.6) is 5.75 Å². The van der Waals surface area contributed by atoms with Crippen LogP contribution in [0.3, 0.4) is 0 Å². The van der Waals surface area contributed by atoms with Crippen LogP contribution >= 0.6 is 0 Å². The molecule has 4 aromatic rings. The number of aromatic hydroxyl groups is 1. The molecule has 1 aliphatic heterocycles. The average Bonchev–Trinajstić information content (AvgIpc) is 3.08. The second kappa shape index (κ2) is 7.68. The molecule has 2 heterocycles. The van der Waals surface area contributed by atoms with Crippen molar-refractivity contribution in [1.82, 2.24) is 10.4 Å². The van der Waals surface area contributed by atoms with Crippen molar-refractivity contribution in [3.8, 4) is 17.0 Å². The van der Waals surface area contributed by atoms with Gasteiger partial charge >= 0.3 is 0 Å². The highest BCUT2D eigenvalue weighted by atomic mass is 16.3. The molecule has 8 heteroatoms. The van der Waals surface area contributed by atoms with Gasteiger partial charge in [-0.2, -0.15) is 5.10 Å². The summed E-state index contributed by atoms with van der Waals surface area (Å²) in [6, 6.07) is 18.3. The summed E-state index contributed by atoms with van der Waals surface area (Å²) < 4.78 is 0. The Balaban J connectivity index is 1.56. The van der Waals surface area contributed by atoms with Crippen molar-refractivity contribution in [3.63, 3.8) is 0 Å². The van der Waals surface area contributed by atoms with Gasteiger partial charge < -0.3 is 21.1 Å². The lowest BCUT2D eigenvalue weighted by atomic mass is 10.0. The van der Waals surface area contributed by atoms with Gasteiger partial charge in [0, 0.05) is 22.2 Å². The van der Waals surface area contributed by atoms with E-state index < -0.39 is 11.9 Å². The summed E-state index contributed by atoms with van der Waals surface area (Å²) in [6.45, 7) is 0. The van der Waals surface area contributed by atoms with Crippen molar-refractivity contribution in [2.45, 2.75) is 6.04 Å². The number of rotatable bonds is 4. The number of phenols is 1. The highest BCUT2D eigenvalue weighted by Crippen LogP contribution is 2.34. The molecule has 0 spiro atoms. The molecule has 8 nitrogen and oxygen atoms in total. The van der Waals surface area contributed by atoms with E-state index in [1.807, 2.05) is 30.3 Å². The summed E-state index contributed by atoms with van der Waals surface area (Å²) >= 11 is 0. The minimum Gasteiger partial charge on any atom is -0.508 e. The number of nitrogens with two attached hydrogens (primary N) is 1.